The maximum atomic E-state index is 12.1. The second-order valence-corrected chi connectivity index (χ2v) is 5.83. The molecular weight excluding hydrogens is 276 g/mol. The number of sulfonamides is 1. The number of halogens is 1. The summed E-state index contributed by atoms with van der Waals surface area (Å²) in [4.78, 5) is 4.10. The van der Waals surface area contributed by atoms with E-state index in [4.69, 9.17) is 0 Å². The maximum Gasteiger partial charge on any atom is 0.261 e. The molecule has 0 atom stereocenters. The van der Waals surface area contributed by atoms with E-state index in [-0.39, 0.29) is 17.4 Å². The summed E-state index contributed by atoms with van der Waals surface area (Å²) in [5, 5.41) is 3.04. The van der Waals surface area contributed by atoms with Crippen LogP contribution in [0.2, 0.25) is 0 Å². The van der Waals surface area contributed by atoms with E-state index in [9.17, 15) is 8.42 Å². The molecule has 106 valence electrons. The first-order valence-electron chi connectivity index (χ1n) is 5.58. The number of hydrogen-bond donors (Lipinski definition) is 1. The molecule has 0 radical (unpaired) electrons. The first-order chi connectivity index (χ1) is 7.93. The van der Waals surface area contributed by atoms with Crippen molar-refractivity contribution in [3.63, 3.8) is 0 Å². The molecule has 0 aromatic carbocycles. The second kappa shape index (κ2) is 7.08. The van der Waals surface area contributed by atoms with Gasteiger partial charge in [-0.15, -0.1) is 12.4 Å². The van der Waals surface area contributed by atoms with Gasteiger partial charge in [0.15, 0.2) is 5.03 Å². The summed E-state index contributed by atoms with van der Waals surface area (Å²) < 4.78 is 27.4. The van der Waals surface area contributed by atoms with Crippen LogP contribution in [0.1, 0.15) is 12.7 Å². The average Bonchev–Trinajstić information content (AvgIpc) is 2.67. The summed E-state index contributed by atoms with van der Waals surface area (Å²) in [5.41, 5.74) is 0. The zero-order chi connectivity index (χ0) is 13.1. The van der Waals surface area contributed by atoms with E-state index >= 15 is 0 Å². The van der Waals surface area contributed by atoms with Gasteiger partial charge in [0.1, 0.15) is 5.82 Å². The third-order valence-corrected chi connectivity index (χ3v) is 4.37. The van der Waals surface area contributed by atoms with Crippen molar-refractivity contribution < 1.29 is 8.42 Å². The van der Waals surface area contributed by atoms with Crippen LogP contribution in [-0.4, -0.2) is 49.5 Å². The van der Waals surface area contributed by atoms with Gasteiger partial charge in [0.25, 0.3) is 10.0 Å². The van der Waals surface area contributed by atoms with E-state index in [0.29, 0.717) is 25.5 Å². The molecule has 1 aromatic heterocycles. The predicted octanol–water partition coefficient (Wildman–Crippen LogP) is 0.473. The summed E-state index contributed by atoms with van der Waals surface area (Å²) in [7, 11) is -0.111. The van der Waals surface area contributed by atoms with Crippen molar-refractivity contribution in [3.05, 3.63) is 12.0 Å². The molecule has 18 heavy (non-hydrogen) atoms. The van der Waals surface area contributed by atoms with Crippen LogP contribution in [0.3, 0.4) is 0 Å². The molecule has 0 saturated heterocycles. The lowest BCUT2D eigenvalue weighted by Gasteiger charge is -2.14. The number of hydrogen-bond acceptors (Lipinski definition) is 4. The normalized spacial score (nSPS) is 11.6. The highest BCUT2D eigenvalue weighted by Crippen LogP contribution is 2.13. The van der Waals surface area contributed by atoms with Crippen LogP contribution in [-0.2, 0) is 16.6 Å². The smallest absolute Gasteiger partial charge is 0.261 e. The minimum Gasteiger partial charge on any atom is -0.334 e. The lowest BCUT2D eigenvalue weighted by molar-refractivity contribution is 0.463. The molecular formula is C10H21ClN4O2S. The van der Waals surface area contributed by atoms with Crippen molar-refractivity contribution in [3.8, 4) is 0 Å². The van der Waals surface area contributed by atoms with Gasteiger partial charge in [-0.1, -0.05) is 0 Å². The first kappa shape index (κ1) is 17.4. The summed E-state index contributed by atoms with van der Waals surface area (Å²) in [6.07, 6.45) is 1.58. The Kier molecular flexibility index (Phi) is 6.83. The highest BCUT2D eigenvalue weighted by Gasteiger charge is 2.23. The number of aryl methyl sites for hydroxylation is 2. The zero-order valence-electron chi connectivity index (χ0n) is 11.2. The molecule has 0 saturated carbocycles. The lowest BCUT2D eigenvalue weighted by atomic mass is 10.6. The van der Waals surface area contributed by atoms with Gasteiger partial charge in [-0.2, -0.15) is 4.31 Å². The summed E-state index contributed by atoms with van der Waals surface area (Å²) in [5.74, 6) is 0.716. The van der Waals surface area contributed by atoms with E-state index in [2.05, 4.69) is 10.3 Å². The van der Waals surface area contributed by atoms with Crippen molar-refractivity contribution in [1.82, 2.24) is 19.2 Å². The van der Waals surface area contributed by atoms with Crippen LogP contribution < -0.4 is 5.32 Å². The van der Waals surface area contributed by atoms with Gasteiger partial charge in [-0.25, -0.2) is 13.4 Å². The topological polar surface area (TPSA) is 67.2 Å². The molecule has 0 aliphatic heterocycles. The fourth-order valence-electron chi connectivity index (χ4n) is 1.47. The van der Waals surface area contributed by atoms with Crippen LogP contribution >= 0.6 is 12.4 Å². The second-order valence-electron chi connectivity index (χ2n) is 3.84. The van der Waals surface area contributed by atoms with Crippen molar-refractivity contribution in [2.45, 2.75) is 25.4 Å². The third-order valence-electron chi connectivity index (χ3n) is 2.65. The molecule has 1 heterocycles. The minimum absolute atomic E-state index is 0. The van der Waals surface area contributed by atoms with Crippen molar-refractivity contribution in [2.75, 3.05) is 27.2 Å². The van der Waals surface area contributed by atoms with Gasteiger partial charge >= 0.3 is 0 Å². The van der Waals surface area contributed by atoms with Gasteiger partial charge in [0.2, 0.25) is 0 Å². The van der Waals surface area contributed by atoms with Gasteiger partial charge < -0.3 is 9.88 Å². The molecule has 0 bridgehead atoms. The van der Waals surface area contributed by atoms with E-state index in [0.717, 1.165) is 0 Å². The van der Waals surface area contributed by atoms with Crippen molar-refractivity contribution in [2.24, 2.45) is 0 Å². The molecule has 8 heteroatoms. The number of nitrogens with zero attached hydrogens (tertiary/aromatic N) is 3. The standard InChI is InChI=1S/C10H20N4O2S.ClH/c1-5-14-8-10(12-9(14)2)17(15,16)13(4)7-6-11-3;/h8,11H,5-7H2,1-4H3;1H. The molecule has 0 amide bonds. The number of rotatable bonds is 6. The SMILES string of the molecule is CCn1cc(S(=O)(=O)N(C)CCNC)nc1C.Cl. The Labute approximate surface area is 115 Å². The first-order valence-corrected chi connectivity index (χ1v) is 7.02. The van der Waals surface area contributed by atoms with E-state index in [1.807, 2.05) is 11.5 Å². The van der Waals surface area contributed by atoms with Crippen LogP contribution in [0.15, 0.2) is 11.2 Å². The highest BCUT2D eigenvalue weighted by atomic mass is 35.5. The molecule has 0 aliphatic rings. The summed E-state index contributed by atoms with van der Waals surface area (Å²) >= 11 is 0. The molecule has 0 aliphatic carbocycles. The average molecular weight is 297 g/mol. The molecule has 0 fully saturated rings. The molecule has 0 spiro atoms. The Hall–Kier alpha value is -0.630. The van der Waals surface area contributed by atoms with E-state index in [1.165, 1.54) is 4.31 Å². The molecule has 6 nitrogen and oxygen atoms in total. The minimum atomic E-state index is -3.46. The van der Waals surface area contributed by atoms with Crippen molar-refractivity contribution >= 4 is 22.4 Å². The lowest BCUT2D eigenvalue weighted by Crippen LogP contribution is -2.33. The number of likely N-dealkylation sites (N-methyl/N-ethyl adjacent to an activating group) is 2. The van der Waals surface area contributed by atoms with Gasteiger partial charge in [0.05, 0.1) is 0 Å². The summed E-state index contributed by atoms with van der Waals surface area (Å²) in [6, 6.07) is 0. The Morgan fingerprint density at radius 1 is 1.50 bits per heavy atom. The van der Waals surface area contributed by atoms with Crippen molar-refractivity contribution in [1.29, 1.82) is 0 Å². The largest absolute Gasteiger partial charge is 0.334 e. The Bertz CT molecular complexity index is 472. The van der Waals surface area contributed by atoms with Crippen LogP contribution in [0.5, 0.6) is 0 Å². The number of aromatic nitrogens is 2. The monoisotopic (exact) mass is 296 g/mol. The third kappa shape index (κ3) is 3.68. The van der Waals surface area contributed by atoms with Gasteiger partial charge in [-0.05, 0) is 20.9 Å². The zero-order valence-corrected chi connectivity index (χ0v) is 12.8. The number of nitrogens with one attached hydrogen (secondary N) is 1. The predicted molar refractivity (Wildman–Crippen MR) is 73.6 cm³/mol. The van der Waals surface area contributed by atoms with Crippen LogP contribution in [0, 0.1) is 6.92 Å². The molecule has 1 aromatic rings. The molecule has 1 rings (SSSR count). The quantitative estimate of drug-likeness (QED) is 0.829. The Morgan fingerprint density at radius 2 is 2.11 bits per heavy atom. The van der Waals surface area contributed by atoms with Gasteiger partial charge in [-0.3, -0.25) is 0 Å². The number of imidazole rings is 1. The maximum absolute atomic E-state index is 12.1. The fraction of sp³-hybridized carbons (Fsp3) is 0.700. The van der Waals surface area contributed by atoms with Crippen LogP contribution in [0.25, 0.3) is 0 Å². The van der Waals surface area contributed by atoms with E-state index in [1.54, 1.807) is 27.2 Å². The Balaban J connectivity index is 0.00000289. The fourth-order valence-corrected chi connectivity index (χ4v) is 2.63. The van der Waals surface area contributed by atoms with Crippen LogP contribution in [0.4, 0.5) is 0 Å². The summed E-state index contributed by atoms with van der Waals surface area (Å²) in [6.45, 7) is 5.51. The van der Waals surface area contributed by atoms with E-state index < -0.39 is 10.0 Å². The Morgan fingerprint density at radius 3 is 2.56 bits per heavy atom. The highest BCUT2D eigenvalue weighted by molar-refractivity contribution is 7.89. The molecule has 0 unspecified atom stereocenters. The van der Waals surface area contributed by atoms with Gasteiger partial charge in [0, 0.05) is 32.9 Å². The molecule has 1 N–H and O–H groups in total.